The van der Waals surface area contributed by atoms with E-state index in [2.05, 4.69) is 17.2 Å². The minimum Gasteiger partial charge on any atom is -0.368 e. The van der Waals surface area contributed by atoms with Crippen LogP contribution in [0.25, 0.3) is 0 Å². The monoisotopic (exact) mass is 264 g/mol. The number of aromatic nitrogens is 1. The van der Waals surface area contributed by atoms with Crippen molar-refractivity contribution in [2.24, 2.45) is 5.73 Å². The molecule has 0 saturated carbocycles. The van der Waals surface area contributed by atoms with Crippen LogP contribution in [0.5, 0.6) is 0 Å². The smallest absolute Gasteiger partial charge is 0.237 e. The molecule has 0 unspecified atom stereocenters. The Hall–Kier alpha value is -1.62. The van der Waals surface area contributed by atoms with Crippen molar-refractivity contribution in [3.8, 4) is 0 Å². The standard InChI is InChI=1S/C14H24N4O/c1-4-7-16-8-12-5-6-14(17-9-12)18(11(2)3)10-13(15)19/h5-6,9,11,16H,4,7-8,10H2,1-3H3,(H2,15,19). The van der Waals surface area contributed by atoms with Crippen molar-refractivity contribution in [2.45, 2.75) is 39.8 Å². The van der Waals surface area contributed by atoms with Gasteiger partial charge >= 0.3 is 0 Å². The van der Waals surface area contributed by atoms with Gasteiger partial charge in [-0.15, -0.1) is 0 Å². The zero-order valence-corrected chi connectivity index (χ0v) is 12.0. The molecule has 0 radical (unpaired) electrons. The van der Waals surface area contributed by atoms with Crippen molar-refractivity contribution in [2.75, 3.05) is 18.0 Å². The average Bonchev–Trinajstić information content (AvgIpc) is 2.37. The molecule has 0 aromatic carbocycles. The number of hydrogen-bond donors (Lipinski definition) is 2. The molecule has 0 spiro atoms. The van der Waals surface area contributed by atoms with Gasteiger partial charge in [-0.3, -0.25) is 4.79 Å². The van der Waals surface area contributed by atoms with E-state index in [1.54, 1.807) is 0 Å². The van der Waals surface area contributed by atoms with Crippen LogP contribution in [0.3, 0.4) is 0 Å². The minimum atomic E-state index is -0.343. The third-order valence-corrected chi connectivity index (χ3v) is 2.81. The van der Waals surface area contributed by atoms with Crippen LogP contribution in [0.4, 0.5) is 5.82 Å². The van der Waals surface area contributed by atoms with Gasteiger partial charge < -0.3 is 16.0 Å². The van der Waals surface area contributed by atoms with E-state index in [4.69, 9.17) is 5.73 Å². The minimum absolute atomic E-state index is 0.184. The van der Waals surface area contributed by atoms with Gasteiger partial charge in [-0.25, -0.2) is 4.98 Å². The van der Waals surface area contributed by atoms with Crippen LogP contribution in [0.15, 0.2) is 18.3 Å². The Kier molecular flexibility index (Phi) is 6.29. The molecule has 106 valence electrons. The quantitative estimate of drug-likeness (QED) is 0.694. The molecule has 5 heteroatoms. The summed E-state index contributed by atoms with van der Waals surface area (Å²) in [6, 6.07) is 4.15. The predicted octanol–water partition coefficient (Wildman–Crippen LogP) is 1.28. The van der Waals surface area contributed by atoms with Gasteiger partial charge in [-0.2, -0.15) is 0 Å². The van der Waals surface area contributed by atoms with Gasteiger partial charge in [0.25, 0.3) is 0 Å². The van der Waals surface area contributed by atoms with Crippen molar-refractivity contribution in [3.63, 3.8) is 0 Å². The van der Waals surface area contributed by atoms with E-state index in [9.17, 15) is 4.79 Å². The van der Waals surface area contributed by atoms with Crippen LogP contribution in [-0.2, 0) is 11.3 Å². The summed E-state index contributed by atoms with van der Waals surface area (Å²) < 4.78 is 0. The molecule has 0 atom stereocenters. The van der Waals surface area contributed by atoms with Gasteiger partial charge in [0.2, 0.25) is 5.91 Å². The van der Waals surface area contributed by atoms with Crippen molar-refractivity contribution < 1.29 is 4.79 Å². The van der Waals surface area contributed by atoms with Crippen molar-refractivity contribution in [1.29, 1.82) is 0 Å². The van der Waals surface area contributed by atoms with Crippen molar-refractivity contribution >= 4 is 11.7 Å². The molecule has 0 fully saturated rings. The number of nitrogens with one attached hydrogen (secondary N) is 1. The van der Waals surface area contributed by atoms with Gasteiger partial charge in [-0.1, -0.05) is 13.0 Å². The third kappa shape index (κ3) is 5.26. The number of nitrogens with two attached hydrogens (primary N) is 1. The maximum absolute atomic E-state index is 11.1. The highest BCUT2D eigenvalue weighted by atomic mass is 16.1. The molecule has 19 heavy (non-hydrogen) atoms. The predicted molar refractivity (Wildman–Crippen MR) is 77.9 cm³/mol. The summed E-state index contributed by atoms with van der Waals surface area (Å²) in [5, 5.41) is 3.33. The van der Waals surface area contributed by atoms with Gasteiger partial charge in [0.05, 0.1) is 6.54 Å². The van der Waals surface area contributed by atoms with Crippen LogP contribution in [-0.4, -0.2) is 30.0 Å². The molecule has 0 saturated heterocycles. The molecule has 0 aliphatic heterocycles. The Bertz CT molecular complexity index is 389. The van der Waals surface area contributed by atoms with E-state index in [1.165, 1.54) is 0 Å². The van der Waals surface area contributed by atoms with Gasteiger partial charge in [0.1, 0.15) is 5.82 Å². The first-order valence-electron chi connectivity index (χ1n) is 6.75. The normalized spacial score (nSPS) is 10.7. The van der Waals surface area contributed by atoms with Crippen LogP contribution in [0.2, 0.25) is 0 Å². The lowest BCUT2D eigenvalue weighted by molar-refractivity contribution is -0.116. The Morgan fingerprint density at radius 2 is 2.21 bits per heavy atom. The number of rotatable bonds is 8. The first-order valence-corrected chi connectivity index (χ1v) is 6.75. The summed E-state index contributed by atoms with van der Waals surface area (Å²) in [6.45, 7) is 8.18. The van der Waals surface area contributed by atoms with Crippen LogP contribution in [0, 0.1) is 0 Å². The lowest BCUT2D eigenvalue weighted by atomic mass is 10.2. The number of amides is 1. The SMILES string of the molecule is CCCNCc1ccc(N(CC(N)=O)C(C)C)nc1. The summed E-state index contributed by atoms with van der Waals surface area (Å²) in [5.74, 6) is 0.442. The number of anilines is 1. The Balaban J connectivity index is 2.69. The molecule has 0 bridgehead atoms. The number of nitrogens with zero attached hydrogens (tertiary/aromatic N) is 2. The lowest BCUT2D eigenvalue weighted by Gasteiger charge is -2.26. The second kappa shape index (κ2) is 7.74. The van der Waals surface area contributed by atoms with E-state index in [0.29, 0.717) is 0 Å². The molecular weight excluding hydrogens is 240 g/mol. The summed E-state index contributed by atoms with van der Waals surface area (Å²) in [6.07, 6.45) is 2.96. The van der Waals surface area contributed by atoms with Crippen molar-refractivity contribution in [1.82, 2.24) is 10.3 Å². The van der Waals surface area contributed by atoms with Crippen LogP contribution < -0.4 is 16.0 Å². The first-order chi connectivity index (χ1) is 9.04. The van der Waals surface area contributed by atoms with E-state index in [1.807, 2.05) is 37.1 Å². The molecule has 1 heterocycles. The number of carbonyl (C=O) groups excluding carboxylic acids is 1. The zero-order chi connectivity index (χ0) is 14.3. The molecule has 5 nitrogen and oxygen atoms in total. The molecule has 1 amide bonds. The van der Waals surface area contributed by atoms with E-state index in [-0.39, 0.29) is 18.5 Å². The van der Waals surface area contributed by atoms with E-state index < -0.39 is 0 Å². The topological polar surface area (TPSA) is 71.2 Å². The van der Waals surface area contributed by atoms with E-state index >= 15 is 0 Å². The van der Waals surface area contributed by atoms with Gasteiger partial charge in [0, 0.05) is 18.8 Å². The summed E-state index contributed by atoms with van der Waals surface area (Å²) >= 11 is 0. The molecule has 0 aliphatic rings. The van der Waals surface area contributed by atoms with Crippen LogP contribution >= 0.6 is 0 Å². The number of hydrogen-bond acceptors (Lipinski definition) is 4. The third-order valence-electron chi connectivity index (χ3n) is 2.81. The van der Waals surface area contributed by atoms with Crippen molar-refractivity contribution in [3.05, 3.63) is 23.9 Å². The second-order valence-corrected chi connectivity index (χ2v) is 4.89. The Labute approximate surface area is 115 Å². The first kappa shape index (κ1) is 15.4. The molecule has 0 aliphatic carbocycles. The summed E-state index contributed by atoms with van der Waals surface area (Å²) in [7, 11) is 0. The van der Waals surface area contributed by atoms with Gasteiger partial charge in [-0.05, 0) is 38.4 Å². The highest BCUT2D eigenvalue weighted by molar-refractivity contribution is 5.79. The van der Waals surface area contributed by atoms with E-state index in [0.717, 1.165) is 30.9 Å². The maximum Gasteiger partial charge on any atom is 0.237 e. The fraction of sp³-hybridized carbons (Fsp3) is 0.571. The molecule has 1 aromatic rings. The highest BCUT2D eigenvalue weighted by Crippen LogP contribution is 2.14. The summed E-state index contributed by atoms with van der Waals surface area (Å²) in [5.41, 5.74) is 6.40. The van der Waals surface area contributed by atoms with Crippen LogP contribution in [0.1, 0.15) is 32.8 Å². The Morgan fingerprint density at radius 1 is 1.47 bits per heavy atom. The fourth-order valence-corrected chi connectivity index (χ4v) is 1.80. The molecule has 1 rings (SSSR count). The second-order valence-electron chi connectivity index (χ2n) is 4.89. The fourth-order valence-electron chi connectivity index (χ4n) is 1.80. The lowest BCUT2D eigenvalue weighted by Crippen LogP contribution is -2.39. The molecule has 1 aromatic heterocycles. The number of primary amides is 1. The Morgan fingerprint density at radius 3 is 2.68 bits per heavy atom. The average molecular weight is 264 g/mol. The largest absolute Gasteiger partial charge is 0.368 e. The highest BCUT2D eigenvalue weighted by Gasteiger charge is 2.13. The van der Waals surface area contributed by atoms with Gasteiger partial charge in [0.15, 0.2) is 0 Å². The maximum atomic E-state index is 11.1. The zero-order valence-electron chi connectivity index (χ0n) is 12.0. The summed E-state index contributed by atoms with van der Waals surface area (Å²) in [4.78, 5) is 17.4. The number of carbonyl (C=O) groups is 1. The number of pyridine rings is 1. The molecule has 3 N–H and O–H groups in total. The molecular formula is C14H24N4O.